The Bertz CT molecular complexity index is 613. The second kappa shape index (κ2) is 6.76. The lowest BCUT2D eigenvalue weighted by molar-refractivity contribution is 0.0526. The highest BCUT2D eigenvalue weighted by Gasteiger charge is 2.09. The Morgan fingerprint density at radius 3 is 2.85 bits per heavy atom. The van der Waals surface area contributed by atoms with Gasteiger partial charge in [-0.1, -0.05) is 0 Å². The van der Waals surface area contributed by atoms with Crippen molar-refractivity contribution >= 4 is 44.6 Å². The molecule has 2 aromatic rings. The number of hydrogen-bond donors (Lipinski definition) is 2. The standard InChI is InChI=1S/C14H15BrN2O2S/c1-2-19-14(18)9-3-4-13(12(16)5-9)17-7-11-6-10(15)8-20-11/h3-6,8,17H,2,7,16H2,1H3. The van der Waals surface area contributed by atoms with Gasteiger partial charge in [0.25, 0.3) is 0 Å². The number of halogens is 1. The highest BCUT2D eigenvalue weighted by Crippen LogP contribution is 2.24. The maximum absolute atomic E-state index is 11.6. The molecule has 1 aromatic heterocycles. The molecule has 0 fully saturated rings. The van der Waals surface area contributed by atoms with Crippen LogP contribution in [0.3, 0.4) is 0 Å². The van der Waals surface area contributed by atoms with Gasteiger partial charge in [0.1, 0.15) is 0 Å². The molecule has 0 aliphatic carbocycles. The van der Waals surface area contributed by atoms with Crippen LogP contribution in [0.4, 0.5) is 11.4 Å². The van der Waals surface area contributed by atoms with Gasteiger partial charge in [-0.25, -0.2) is 4.79 Å². The molecule has 0 spiro atoms. The average Bonchev–Trinajstić information content (AvgIpc) is 2.83. The Labute approximate surface area is 130 Å². The van der Waals surface area contributed by atoms with E-state index in [1.807, 2.05) is 5.38 Å². The summed E-state index contributed by atoms with van der Waals surface area (Å²) in [7, 11) is 0. The second-order valence-electron chi connectivity index (χ2n) is 4.11. The van der Waals surface area contributed by atoms with E-state index in [4.69, 9.17) is 10.5 Å². The molecule has 0 saturated heterocycles. The number of thiophene rings is 1. The van der Waals surface area contributed by atoms with E-state index in [1.165, 1.54) is 4.88 Å². The first-order valence-electron chi connectivity index (χ1n) is 6.13. The molecule has 0 bridgehead atoms. The summed E-state index contributed by atoms with van der Waals surface area (Å²) < 4.78 is 6.01. The molecule has 106 valence electrons. The van der Waals surface area contributed by atoms with Crippen molar-refractivity contribution in [1.82, 2.24) is 0 Å². The molecule has 3 N–H and O–H groups in total. The van der Waals surface area contributed by atoms with Crippen molar-refractivity contribution in [1.29, 1.82) is 0 Å². The monoisotopic (exact) mass is 354 g/mol. The van der Waals surface area contributed by atoms with Gasteiger partial charge in [0.2, 0.25) is 0 Å². The Morgan fingerprint density at radius 2 is 2.25 bits per heavy atom. The minimum Gasteiger partial charge on any atom is -0.462 e. The van der Waals surface area contributed by atoms with E-state index >= 15 is 0 Å². The molecule has 0 aliphatic rings. The number of nitrogens with two attached hydrogens (primary N) is 1. The Morgan fingerprint density at radius 1 is 1.45 bits per heavy atom. The highest BCUT2D eigenvalue weighted by molar-refractivity contribution is 9.10. The van der Waals surface area contributed by atoms with Crippen molar-refractivity contribution in [3.8, 4) is 0 Å². The molecule has 4 nitrogen and oxygen atoms in total. The first-order chi connectivity index (χ1) is 9.60. The maximum Gasteiger partial charge on any atom is 0.338 e. The summed E-state index contributed by atoms with van der Waals surface area (Å²) in [6.45, 7) is 2.82. The molecule has 6 heteroatoms. The number of rotatable bonds is 5. The van der Waals surface area contributed by atoms with Crippen molar-refractivity contribution in [3.63, 3.8) is 0 Å². The lowest BCUT2D eigenvalue weighted by Gasteiger charge is -2.10. The topological polar surface area (TPSA) is 64.3 Å². The Hall–Kier alpha value is -1.53. The normalized spacial score (nSPS) is 10.3. The van der Waals surface area contributed by atoms with E-state index in [1.54, 1.807) is 36.5 Å². The van der Waals surface area contributed by atoms with Crippen LogP contribution in [-0.4, -0.2) is 12.6 Å². The van der Waals surface area contributed by atoms with Gasteiger partial charge in [0.15, 0.2) is 0 Å². The molecule has 0 saturated carbocycles. The van der Waals surface area contributed by atoms with Crippen molar-refractivity contribution in [2.75, 3.05) is 17.7 Å². The fourth-order valence-corrected chi connectivity index (χ4v) is 3.08. The predicted octanol–water partition coefficient (Wildman–Crippen LogP) is 3.88. The average molecular weight is 355 g/mol. The quantitative estimate of drug-likeness (QED) is 0.631. The summed E-state index contributed by atoms with van der Waals surface area (Å²) in [5, 5.41) is 5.29. The molecule has 1 aromatic carbocycles. The van der Waals surface area contributed by atoms with Gasteiger partial charge < -0.3 is 15.8 Å². The summed E-state index contributed by atoms with van der Waals surface area (Å²) >= 11 is 5.08. The number of carbonyl (C=O) groups is 1. The van der Waals surface area contributed by atoms with Crippen LogP contribution in [0.15, 0.2) is 34.1 Å². The lowest BCUT2D eigenvalue weighted by Crippen LogP contribution is -2.07. The van der Waals surface area contributed by atoms with Gasteiger partial charge in [-0.2, -0.15) is 0 Å². The first kappa shape index (κ1) is 14.9. The molecule has 20 heavy (non-hydrogen) atoms. The number of esters is 1. The van der Waals surface area contributed by atoms with Gasteiger partial charge in [0.05, 0.1) is 23.5 Å². The van der Waals surface area contributed by atoms with E-state index in [9.17, 15) is 4.79 Å². The number of hydrogen-bond acceptors (Lipinski definition) is 5. The molecule has 2 rings (SSSR count). The van der Waals surface area contributed by atoms with Crippen LogP contribution < -0.4 is 11.1 Å². The summed E-state index contributed by atoms with van der Waals surface area (Å²) in [5.41, 5.74) is 7.76. The number of benzene rings is 1. The van der Waals surface area contributed by atoms with Crippen LogP contribution >= 0.6 is 27.3 Å². The van der Waals surface area contributed by atoms with Gasteiger partial charge in [-0.3, -0.25) is 0 Å². The molecular formula is C14H15BrN2O2S. The van der Waals surface area contributed by atoms with Crippen LogP contribution in [0.5, 0.6) is 0 Å². The third-order valence-corrected chi connectivity index (χ3v) is 4.34. The number of nitrogens with one attached hydrogen (secondary N) is 1. The van der Waals surface area contributed by atoms with E-state index in [2.05, 4.69) is 27.3 Å². The van der Waals surface area contributed by atoms with Crippen molar-refractivity contribution in [3.05, 3.63) is 44.6 Å². The SMILES string of the molecule is CCOC(=O)c1ccc(NCc2cc(Br)cs2)c(N)c1. The van der Waals surface area contributed by atoms with E-state index < -0.39 is 0 Å². The van der Waals surface area contributed by atoms with Crippen LogP contribution in [0.2, 0.25) is 0 Å². The zero-order chi connectivity index (χ0) is 14.5. The molecule has 0 amide bonds. The van der Waals surface area contributed by atoms with Crippen LogP contribution in [0, 0.1) is 0 Å². The maximum atomic E-state index is 11.6. The second-order valence-corrected chi connectivity index (χ2v) is 6.02. The molecule has 0 radical (unpaired) electrons. The molecule has 1 heterocycles. The van der Waals surface area contributed by atoms with Crippen LogP contribution in [-0.2, 0) is 11.3 Å². The van der Waals surface area contributed by atoms with Crippen molar-refractivity contribution in [2.45, 2.75) is 13.5 Å². The minimum atomic E-state index is -0.354. The largest absolute Gasteiger partial charge is 0.462 e. The summed E-state index contributed by atoms with van der Waals surface area (Å²) in [4.78, 5) is 12.8. The number of ether oxygens (including phenoxy) is 1. The smallest absolute Gasteiger partial charge is 0.338 e. The van der Waals surface area contributed by atoms with Crippen molar-refractivity contribution in [2.24, 2.45) is 0 Å². The summed E-state index contributed by atoms with van der Waals surface area (Å²) in [5.74, 6) is -0.354. The van der Waals surface area contributed by atoms with Gasteiger partial charge >= 0.3 is 5.97 Å². The Balaban J connectivity index is 2.04. The molecule has 0 aliphatic heterocycles. The summed E-state index contributed by atoms with van der Waals surface area (Å²) in [6, 6.07) is 7.19. The minimum absolute atomic E-state index is 0.353. The summed E-state index contributed by atoms with van der Waals surface area (Å²) in [6.07, 6.45) is 0. The van der Waals surface area contributed by atoms with Gasteiger partial charge in [-0.05, 0) is 47.1 Å². The third-order valence-electron chi connectivity index (χ3n) is 2.64. The Kier molecular flexibility index (Phi) is 5.03. The zero-order valence-electron chi connectivity index (χ0n) is 11.0. The molecule has 0 unspecified atom stereocenters. The lowest BCUT2D eigenvalue weighted by atomic mass is 10.1. The third kappa shape index (κ3) is 3.74. The predicted molar refractivity (Wildman–Crippen MR) is 86.2 cm³/mol. The number of carbonyl (C=O) groups excluding carboxylic acids is 1. The van der Waals surface area contributed by atoms with E-state index in [0.717, 1.165) is 10.2 Å². The highest BCUT2D eigenvalue weighted by atomic mass is 79.9. The van der Waals surface area contributed by atoms with Crippen molar-refractivity contribution < 1.29 is 9.53 Å². The number of anilines is 2. The zero-order valence-corrected chi connectivity index (χ0v) is 13.4. The fraction of sp³-hybridized carbons (Fsp3) is 0.214. The van der Waals surface area contributed by atoms with Crippen LogP contribution in [0.25, 0.3) is 0 Å². The number of nitrogen functional groups attached to an aromatic ring is 1. The van der Waals surface area contributed by atoms with Gasteiger partial charge in [-0.15, -0.1) is 11.3 Å². The van der Waals surface area contributed by atoms with E-state index in [-0.39, 0.29) is 5.97 Å². The molecule has 0 atom stereocenters. The fourth-order valence-electron chi connectivity index (χ4n) is 1.69. The first-order valence-corrected chi connectivity index (χ1v) is 7.81. The van der Waals surface area contributed by atoms with Crippen LogP contribution in [0.1, 0.15) is 22.2 Å². The van der Waals surface area contributed by atoms with E-state index in [0.29, 0.717) is 24.4 Å². The molecular weight excluding hydrogens is 340 g/mol. The van der Waals surface area contributed by atoms with Gasteiger partial charge in [0, 0.05) is 21.3 Å².